The van der Waals surface area contributed by atoms with E-state index in [1.807, 2.05) is 26.0 Å². The van der Waals surface area contributed by atoms with Crippen LogP contribution >= 0.6 is 23.2 Å². The number of carbonyl (C=O) groups is 3. The SMILES string of the molecule is Cc1ccc(C(=O)[C@@H](OC(=O)CCC(=O)Nc2cccc(Cl)c2Cl)c2ccccc2)cc1C. The second-order valence-corrected chi connectivity index (χ2v) is 8.38. The lowest BCUT2D eigenvalue weighted by Crippen LogP contribution is -2.21. The highest BCUT2D eigenvalue weighted by Crippen LogP contribution is 2.30. The molecule has 0 saturated carbocycles. The highest BCUT2D eigenvalue weighted by atomic mass is 35.5. The van der Waals surface area contributed by atoms with Crippen LogP contribution < -0.4 is 5.32 Å². The van der Waals surface area contributed by atoms with Gasteiger partial charge in [0.05, 0.1) is 22.2 Å². The smallest absolute Gasteiger partial charge is 0.307 e. The van der Waals surface area contributed by atoms with Crippen LogP contribution in [0.3, 0.4) is 0 Å². The third kappa shape index (κ3) is 6.44. The first-order valence-electron chi connectivity index (χ1n) is 10.4. The Kier molecular flexibility index (Phi) is 8.26. The Balaban J connectivity index is 1.69. The molecule has 0 aliphatic heterocycles. The number of benzene rings is 3. The number of amides is 1. The summed E-state index contributed by atoms with van der Waals surface area (Å²) in [5.41, 5.74) is 3.40. The Bertz CT molecular complexity index is 1180. The van der Waals surface area contributed by atoms with Crippen molar-refractivity contribution in [2.75, 3.05) is 5.32 Å². The Morgan fingerprint density at radius 2 is 1.61 bits per heavy atom. The predicted octanol–water partition coefficient (Wildman–Crippen LogP) is 6.50. The van der Waals surface area contributed by atoms with Crippen LogP contribution in [0.1, 0.15) is 46.0 Å². The monoisotopic (exact) mass is 483 g/mol. The van der Waals surface area contributed by atoms with Crippen LogP contribution in [0.4, 0.5) is 5.69 Å². The van der Waals surface area contributed by atoms with E-state index < -0.39 is 18.0 Å². The minimum atomic E-state index is -1.11. The van der Waals surface area contributed by atoms with Gasteiger partial charge in [-0.3, -0.25) is 14.4 Å². The van der Waals surface area contributed by atoms with Crippen molar-refractivity contribution < 1.29 is 19.1 Å². The third-order valence-corrected chi connectivity index (χ3v) is 5.98. The molecule has 0 fully saturated rings. The summed E-state index contributed by atoms with van der Waals surface area (Å²) >= 11 is 12.0. The molecule has 0 aromatic heterocycles. The molecule has 3 aromatic rings. The summed E-state index contributed by atoms with van der Waals surface area (Å²) in [5.74, 6) is -1.41. The molecule has 3 rings (SSSR count). The maximum absolute atomic E-state index is 13.2. The van der Waals surface area contributed by atoms with E-state index in [0.29, 0.717) is 21.8 Å². The van der Waals surface area contributed by atoms with Gasteiger partial charge in [0.25, 0.3) is 0 Å². The second-order valence-electron chi connectivity index (χ2n) is 7.59. The van der Waals surface area contributed by atoms with Crippen molar-refractivity contribution in [3.05, 3.63) is 99.0 Å². The summed E-state index contributed by atoms with van der Waals surface area (Å²) in [6.45, 7) is 3.88. The number of esters is 1. The third-order valence-electron chi connectivity index (χ3n) is 5.16. The Labute approximate surface area is 202 Å². The van der Waals surface area contributed by atoms with Crippen molar-refractivity contribution in [1.29, 1.82) is 0 Å². The molecule has 0 saturated heterocycles. The van der Waals surface area contributed by atoms with Crippen molar-refractivity contribution in [1.82, 2.24) is 0 Å². The van der Waals surface area contributed by atoms with Gasteiger partial charge in [-0.1, -0.05) is 71.7 Å². The maximum atomic E-state index is 13.2. The first kappa shape index (κ1) is 24.5. The van der Waals surface area contributed by atoms with Gasteiger partial charge < -0.3 is 10.1 Å². The lowest BCUT2D eigenvalue weighted by atomic mass is 9.97. The topological polar surface area (TPSA) is 72.5 Å². The molecule has 0 aliphatic carbocycles. The molecular formula is C26H23Cl2NO4. The second kappa shape index (κ2) is 11.1. The lowest BCUT2D eigenvalue weighted by Gasteiger charge is -2.18. The molecular weight excluding hydrogens is 461 g/mol. The molecule has 0 unspecified atom stereocenters. The van der Waals surface area contributed by atoms with Gasteiger partial charge in [0.1, 0.15) is 0 Å². The number of Topliss-reactive ketones (excluding diaryl/α,β-unsaturated/α-hetero) is 1. The van der Waals surface area contributed by atoms with Crippen molar-refractivity contribution in [2.45, 2.75) is 32.8 Å². The standard InChI is InChI=1S/C26H23Cl2NO4/c1-16-11-12-19(15-17(16)2)25(32)26(18-7-4-3-5-8-18)33-23(31)14-13-22(30)29-21-10-6-9-20(27)24(21)28/h3-12,15,26H,13-14H2,1-2H3,(H,29,30)/t26-/m0/s1. The summed E-state index contributed by atoms with van der Waals surface area (Å²) in [5, 5.41) is 3.15. The van der Waals surface area contributed by atoms with E-state index in [-0.39, 0.29) is 23.6 Å². The Hall–Kier alpha value is -3.15. The zero-order valence-corrected chi connectivity index (χ0v) is 19.7. The summed E-state index contributed by atoms with van der Waals surface area (Å²) in [4.78, 5) is 38.0. The van der Waals surface area contributed by atoms with Crippen LogP contribution in [0.5, 0.6) is 0 Å². The van der Waals surface area contributed by atoms with E-state index in [0.717, 1.165) is 11.1 Å². The number of ketones is 1. The van der Waals surface area contributed by atoms with Crippen molar-refractivity contribution in [3.8, 4) is 0 Å². The van der Waals surface area contributed by atoms with Gasteiger partial charge in [-0.2, -0.15) is 0 Å². The molecule has 1 amide bonds. The van der Waals surface area contributed by atoms with E-state index >= 15 is 0 Å². The van der Waals surface area contributed by atoms with E-state index in [1.54, 1.807) is 54.6 Å². The molecule has 0 heterocycles. The predicted molar refractivity (Wildman–Crippen MR) is 130 cm³/mol. The number of ether oxygens (including phenoxy) is 1. The van der Waals surface area contributed by atoms with Crippen molar-refractivity contribution in [2.24, 2.45) is 0 Å². The van der Waals surface area contributed by atoms with E-state index in [1.165, 1.54) is 0 Å². The summed E-state index contributed by atoms with van der Waals surface area (Å²) in [6, 6.07) is 19.0. The highest BCUT2D eigenvalue weighted by Gasteiger charge is 2.26. The molecule has 0 aliphatic rings. The van der Waals surface area contributed by atoms with E-state index in [2.05, 4.69) is 5.32 Å². The lowest BCUT2D eigenvalue weighted by molar-refractivity contribution is -0.148. The van der Waals surface area contributed by atoms with Crippen LogP contribution in [0, 0.1) is 13.8 Å². The molecule has 33 heavy (non-hydrogen) atoms. The molecule has 0 radical (unpaired) electrons. The fraction of sp³-hybridized carbons (Fsp3) is 0.192. The van der Waals surface area contributed by atoms with Gasteiger partial charge in [0, 0.05) is 17.5 Å². The molecule has 7 heteroatoms. The fourth-order valence-electron chi connectivity index (χ4n) is 3.17. The van der Waals surface area contributed by atoms with Gasteiger partial charge in [-0.25, -0.2) is 0 Å². The number of halogens is 2. The first-order chi connectivity index (χ1) is 15.8. The number of hydrogen-bond acceptors (Lipinski definition) is 4. The Morgan fingerprint density at radius 3 is 2.30 bits per heavy atom. The summed E-state index contributed by atoms with van der Waals surface area (Å²) in [6.07, 6.45) is -1.44. The van der Waals surface area contributed by atoms with E-state index in [4.69, 9.17) is 27.9 Å². The van der Waals surface area contributed by atoms with Crippen LogP contribution in [-0.4, -0.2) is 17.7 Å². The highest BCUT2D eigenvalue weighted by molar-refractivity contribution is 6.44. The molecule has 0 spiro atoms. The number of nitrogens with one attached hydrogen (secondary N) is 1. The molecule has 0 bridgehead atoms. The number of rotatable bonds is 8. The maximum Gasteiger partial charge on any atom is 0.307 e. The molecule has 1 N–H and O–H groups in total. The quantitative estimate of drug-likeness (QED) is 0.293. The molecule has 170 valence electrons. The largest absolute Gasteiger partial charge is 0.449 e. The minimum absolute atomic E-state index is 0.138. The van der Waals surface area contributed by atoms with E-state index in [9.17, 15) is 14.4 Å². The van der Waals surface area contributed by atoms with Gasteiger partial charge in [-0.05, 0) is 43.2 Å². The van der Waals surface area contributed by atoms with Crippen molar-refractivity contribution >= 4 is 46.5 Å². The molecule has 5 nitrogen and oxygen atoms in total. The van der Waals surface area contributed by atoms with Gasteiger partial charge >= 0.3 is 5.97 Å². The zero-order chi connectivity index (χ0) is 24.0. The average molecular weight is 484 g/mol. The first-order valence-corrected chi connectivity index (χ1v) is 11.1. The molecule has 3 aromatic carbocycles. The van der Waals surface area contributed by atoms with Crippen LogP contribution in [-0.2, 0) is 14.3 Å². The Morgan fingerprint density at radius 1 is 0.879 bits per heavy atom. The van der Waals surface area contributed by atoms with Gasteiger partial charge in [0.2, 0.25) is 11.7 Å². The summed E-state index contributed by atoms with van der Waals surface area (Å²) in [7, 11) is 0. The number of carbonyl (C=O) groups excluding carboxylic acids is 3. The summed E-state index contributed by atoms with van der Waals surface area (Å²) < 4.78 is 5.55. The van der Waals surface area contributed by atoms with Crippen LogP contribution in [0.15, 0.2) is 66.7 Å². The number of anilines is 1. The number of hydrogen-bond donors (Lipinski definition) is 1. The van der Waals surface area contributed by atoms with Crippen LogP contribution in [0.2, 0.25) is 10.0 Å². The van der Waals surface area contributed by atoms with Crippen LogP contribution in [0.25, 0.3) is 0 Å². The minimum Gasteiger partial charge on any atom is -0.449 e. The van der Waals surface area contributed by atoms with Crippen molar-refractivity contribution in [3.63, 3.8) is 0 Å². The zero-order valence-electron chi connectivity index (χ0n) is 18.2. The normalized spacial score (nSPS) is 11.5. The fourth-order valence-corrected chi connectivity index (χ4v) is 3.51. The number of aryl methyl sites for hydroxylation is 2. The average Bonchev–Trinajstić information content (AvgIpc) is 2.81. The molecule has 1 atom stereocenters. The van der Waals surface area contributed by atoms with Gasteiger partial charge in [-0.15, -0.1) is 0 Å². The van der Waals surface area contributed by atoms with Gasteiger partial charge in [0.15, 0.2) is 6.10 Å².